The van der Waals surface area contributed by atoms with E-state index in [0.29, 0.717) is 12.3 Å². The molecule has 0 amide bonds. The largest absolute Gasteiger partial charge is 0.475 e. The molecule has 1 aromatic heterocycles. The van der Waals surface area contributed by atoms with Gasteiger partial charge in [0.25, 0.3) is 0 Å². The molecular weight excluding hydrogens is 298 g/mol. The maximum Gasteiger partial charge on any atom is 0.371 e. The maximum atomic E-state index is 10.7. The molecule has 2 N–H and O–H groups in total. The standard InChI is InChI=1S/C13H12BrNO3/c1-8-6-9(14)2-4-11(8)15-7-10-3-5-12(18-10)13(16)17/h2-6,15H,7H2,1H3,(H,16,17). The number of benzene rings is 1. The summed E-state index contributed by atoms with van der Waals surface area (Å²) in [5, 5.41) is 11.9. The number of carbonyl (C=O) groups is 1. The van der Waals surface area contributed by atoms with Crippen LogP contribution in [0.25, 0.3) is 0 Å². The predicted octanol–water partition coefficient (Wildman–Crippen LogP) is 3.66. The van der Waals surface area contributed by atoms with Crippen molar-refractivity contribution in [3.63, 3.8) is 0 Å². The highest BCUT2D eigenvalue weighted by molar-refractivity contribution is 9.10. The van der Waals surface area contributed by atoms with Gasteiger partial charge in [-0.2, -0.15) is 0 Å². The molecular formula is C13H12BrNO3. The molecule has 0 unspecified atom stereocenters. The van der Waals surface area contributed by atoms with Gasteiger partial charge in [-0.15, -0.1) is 0 Å². The van der Waals surface area contributed by atoms with Crippen LogP contribution < -0.4 is 5.32 Å². The van der Waals surface area contributed by atoms with Crippen molar-refractivity contribution >= 4 is 27.6 Å². The number of anilines is 1. The molecule has 0 radical (unpaired) electrons. The Kier molecular flexibility index (Phi) is 3.72. The van der Waals surface area contributed by atoms with E-state index in [1.807, 2.05) is 25.1 Å². The summed E-state index contributed by atoms with van der Waals surface area (Å²) >= 11 is 3.40. The number of aryl methyl sites for hydroxylation is 1. The maximum absolute atomic E-state index is 10.7. The van der Waals surface area contributed by atoms with Gasteiger partial charge >= 0.3 is 5.97 Å². The predicted molar refractivity (Wildman–Crippen MR) is 71.9 cm³/mol. The van der Waals surface area contributed by atoms with Crippen LogP contribution in [0, 0.1) is 6.92 Å². The Morgan fingerprint density at radius 3 is 2.78 bits per heavy atom. The lowest BCUT2D eigenvalue weighted by atomic mass is 10.2. The molecule has 5 heteroatoms. The first-order chi connectivity index (χ1) is 8.56. The summed E-state index contributed by atoms with van der Waals surface area (Å²) in [6.45, 7) is 2.45. The van der Waals surface area contributed by atoms with Gasteiger partial charge in [0.05, 0.1) is 6.54 Å². The molecule has 0 aliphatic carbocycles. The summed E-state index contributed by atoms with van der Waals surface area (Å²) in [6.07, 6.45) is 0. The zero-order chi connectivity index (χ0) is 13.1. The number of hydrogen-bond acceptors (Lipinski definition) is 3. The quantitative estimate of drug-likeness (QED) is 0.904. The molecule has 0 aliphatic rings. The van der Waals surface area contributed by atoms with Gasteiger partial charge in [-0.25, -0.2) is 4.79 Å². The van der Waals surface area contributed by atoms with E-state index in [9.17, 15) is 4.79 Å². The van der Waals surface area contributed by atoms with Crippen LogP contribution in [0.3, 0.4) is 0 Å². The van der Waals surface area contributed by atoms with Crippen LogP contribution in [0.15, 0.2) is 39.2 Å². The van der Waals surface area contributed by atoms with Gasteiger partial charge in [-0.1, -0.05) is 15.9 Å². The number of aromatic carboxylic acids is 1. The van der Waals surface area contributed by atoms with E-state index in [-0.39, 0.29) is 5.76 Å². The minimum absolute atomic E-state index is 0.0423. The van der Waals surface area contributed by atoms with Gasteiger partial charge in [0.2, 0.25) is 5.76 Å². The normalized spacial score (nSPS) is 10.3. The van der Waals surface area contributed by atoms with Crippen LogP contribution in [-0.4, -0.2) is 11.1 Å². The molecule has 2 rings (SSSR count). The number of furan rings is 1. The third-order valence-electron chi connectivity index (χ3n) is 2.51. The van der Waals surface area contributed by atoms with Crippen molar-refractivity contribution in [3.8, 4) is 0 Å². The van der Waals surface area contributed by atoms with E-state index in [1.165, 1.54) is 6.07 Å². The monoisotopic (exact) mass is 309 g/mol. The van der Waals surface area contributed by atoms with E-state index in [2.05, 4.69) is 21.2 Å². The summed E-state index contributed by atoms with van der Waals surface area (Å²) in [5.74, 6) is -0.505. The third kappa shape index (κ3) is 2.92. The van der Waals surface area contributed by atoms with Gasteiger partial charge in [-0.3, -0.25) is 0 Å². The number of halogens is 1. The highest BCUT2D eigenvalue weighted by atomic mass is 79.9. The van der Waals surface area contributed by atoms with Crippen LogP contribution in [0.5, 0.6) is 0 Å². The van der Waals surface area contributed by atoms with Crippen molar-refractivity contribution in [1.82, 2.24) is 0 Å². The first kappa shape index (κ1) is 12.7. The summed E-state index contributed by atoms with van der Waals surface area (Å²) in [6, 6.07) is 9.02. The smallest absolute Gasteiger partial charge is 0.371 e. The zero-order valence-corrected chi connectivity index (χ0v) is 11.3. The molecule has 0 saturated heterocycles. The average molecular weight is 310 g/mol. The number of nitrogens with one attached hydrogen (secondary N) is 1. The lowest BCUT2D eigenvalue weighted by Gasteiger charge is -2.08. The van der Waals surface area contributed by atoms with E-state index in [4.69, 9.17) is 9.52 Å². The Labute approximate surface area is 113 Å². The first-order valence-corrected chi connectivity index (χ1v) is 6.17. The molecule has 1 heterocycles. The molecule has 0 saturated carbocycles. The second-order valence-electron chi connectivity index (χ2n) is 3.88. The summed E-state index contributed by atoms with van der Waals surface area (Å²) in [7, 11) is 0. The molecule has 2 aromatic rings. The fourth-order valence-electron chi connectivity index (χ4n) is 1.60. The average Bonchev–Trinajstić information content (AvgIpc) is 2.76. The molecule has 94 valence electrons. The van der Waals surface area contributed by atoms with Crippen LogP contribution in [0.1, 0.15) is 21.9 Å². The first-order valence-electron chi connectivity index (χ1n) is 5.38. The van der Waals surface area contributed by atoms with Crippen LogP contribution >= 0.6 is 15.9 Å². The Morgan fingerprint density at radius 1 is 1.39 bits per heavy atom. The highest BCUT2D eigenvalue weighted by Crippen LogP contribution is 2.21. The van der Waals surface area contributed by atoms with Crippen molar-refractivity contribution in [2.75, 3.05) is 5.32 Å². The number of hydrogen-bond donors (Lipinski definition) is 2. The second kappa shape index (κ2) is 5.27. The Bertz CT molecular complexity index is 577. The summed E-state index contributed by atoms with van der Waals surface area (Å²) in [4.78, 5) is 10.7. The molecule has 4 nitrogen and oxygen atoms in total. The SMILES string of the molecule is Cc1cc(Br)ccc1NCc1ccc(C(=O)O)o1. The highest BCUT2D eigenvalue weighted by Gasteiger charge is 2.08. The van der Waals surface area contributed by atoms with Crippen molar-refractivity contribution in [2.24, 2.45) is 0 Å². The van der Waals surface area contributed by atoms with Crippen LogP contribution in [0.4, 0.5) is 5.69 Å². The minimum atomic E-state index is -1.05. The van der Waals surface area contributed by atoms with Gasteiger partial charge in [0, 0.05) is 10.2 Å². The molecule has 0 bridgehead atoms. The summed E-state index contributed by atoms with van der Waals surface area (Å²) < 4.78 is 6.18. The molecule has 0 fully saturated rings. The number of carboxylic acids is 1. The lowest BCUT2D eigenvalue weighted by Crippen LogP contribution is -2.00. The Morgan fingerprint density at radius 2 is 2.17 bits per heavy atom. The van der Waals surface area contributed by atoms with Crippen molar-refractivity contribution < 1.29 is 14.3 Å². The molecule has 0 aliphatic heterocycles. The second-order valence-corrected chi connectivity index (χ2v) is 4.80. The lowest BCUT2D eigenvalue weighted by molar-refractivity contribution is 0.0660. The Hall–Kier alpha value is -1.75. The van der Waals surface area contributed by atoms with Crippen LogP contribution in [0.2, 0.25) is 0 Å². The Balaban J connectivity index is 2.04. The van der Waals surface area contributed by atoms with E-state index >= 15 is 0 Å². The number of carboxylic acid groups (broad SMARTS) is 1. The van der Waals surface area contributed by atoms with Crippen molar-refractivity contribution in [2.45, 2.75) is 13.5 Å². The fourth-order valence-corrected chi connectivity index (χ4v) is 2.07. The molecule has 1 aromatic carbocycles. The van der Waals surface area contributed by atoms with Gasteiger partial charge in [-0.05, 0) is 42.8 Å². The van der Waals surface area contributed by atoms with Crippen molar-refractivity contribution in [3.05, 3.63) is 51.9 Å². The number of rotatable bonds is 4. The van der Waals surface area contributed by atoms with Gasteiger partial charge in [0.15, 0.2) is 0 Å². The van der Waals surface area contributed by atoms with Crippen LogP contribution in [-0.2, 0) is 6.54 Å². The van der Waals surface area contributed by atoms with E-state index in [0.717, 1.165) is 15.7 Å². The van der Waals surface area contributed by atoms with Gasteiger partial charge < -0.3 is 14.8 Å². The topological polar surface area (TPSA) is 62.5 Å². The molecule has 0 atom stereocenters. The van der Waals surface area contributed by atoms with Crippen molar-refractivity contribution in [1.29, 1.82) is 0 Å². The minimum Gasteiger partial charge on any atom is -0.475 e. The molecule has 18 heavy (non-hydrogen) atoms. The van der Waals surface area contributed by atoms with E-state index in [1.54, 1.807) is 6.07 Å². The summed E-state index contributed by atoms with van der Waals surface area (Å²) in [5.41, 5.74) is 2.10. The van der Waals surface area contributed by atoms with Gasteiger partial charge in [0.1, 0.15) is 5.76 Å². The molecule has 0 spiro atoms. The zero-order valence-electron chi connectivity index (χ0n) is 9.74. The third-order valence-corrected chi connectivity index (χ3v) is 3.01. The van der Waals surface area contributed by atoms with E-state index < -0.39 is 5.97 Å². The fraction of sp³-hybridized carbons (Fsp3) is 0.154.